The third kappa shape index (κ3) is 4.32. The molecule has 0 radical (unpaired) electrons. The molecule has 2 heterocycles. The maximum Gasteiger partial charge on any atom is 0.336 e. The van der Waals surface area contributed by atoms with Gasteiger partial charge in [0.05, 0.1) is 0 Å². The third-order valence-corrected chi connectivity index (χ3v) is 4.30. The molecule has 8 heteroatoms. The minimum Gasteiger partial charge on any atom is -0.485 e. The molecule has 0 saturated carbocycles. The number of hydrogen-bond donors (Lipinski definition) is 2. The van der Waals surface area contributed by atoms with Gasteiger partial charge in [-0.15, -0.1) is 0 Å². The van der Waals surface area contributed by atoms with Crippen LogP contribution in [0.2, 0.25) is 0 Å². The lowest BCUT2D eigenvalue weighted by Crippen LogP contribution is -2.09. The van der Waals surface area contributed by atoms with E-state index in [0.29, 0.717) is 23.1 Å². The number of benzene rings is 2. The molecule has 3 N–H and O–H groups in total. The highest BCUT2D eigenvalue weighted by Crippen LogP contribution is 2.23. The van der Waals surface area contributed by atoms with E-state index in [-0.39, 0.29) is 12.6 Å². The highest BCUT2D eigenvalue weighted by Gasteiger charge is 2.08. The van der Waals surface area contributed by atoms with Crippen molar-refractivity contribution in [3.05, 3.63) is 75.9 Å². The Kier molecular flexibility index (Phi) is 4.82. The molecule has 0 saturated heterocycles. The second kappa shape index (κ2) is 7.59. The van der Waals surface area contributed by atoms with E-state index in [0.717, 1.165) is 22.2 Å². The number of nitrogens with two attached hydrogens (primary N) is 1. The SMILES string of the molecule is Cc1ccc(Nc2nc(N)nc(COc3ccc4c(C)cc(=O)oc4c3)n2)cc1. The molecule has 0 aliphatic rings. The lowest BCUT2D eigenvalue weighted by molar-refractivity contribution is 0.296. The van der Waals surface area contributed by atoms with Gasteiger partial charge in [0.1, 0.15) is 17.9 Å². The maximum absolute atomic E-state index is 11.6. The molecule has 4 rings (SSSR count). The Hall–Kier alpha value is -3.94. The number of nitrogen functional groups attached to an aromatic ring is 1. The largest absolute Gasteiger partial charge is 0.485 e. The van der Waals surface area contributed by atoms with Gasteiger partial charge in [0.25, 0.3) is 0 Å². The van der Waals surface area contributed by atoms with Crippen LogP contribution in [0.1, 0.15) is 17.0 Å². The second-order valence-electron chi connectivity index (χ2n) is 6.62. The number of nitrogens with zero attached hydrogens (tertiary/aromatic N) is 3. The Morgan fingerprint density at radius 3 is 2.62 bits per heavy atom. The Balaban J connectivity index is 1.52. The minimum absolute atomic E-state index is 0.0802. The number of ether oxygens (including phenoxy) is 1. The topological polar surface area (TPSA) is 116 Å². The quantitative estimate of drug-likeness (QED) is 0.498. The van der Waals surface area contributed by atoms with Gasteiger partial charge >= 0.3 is 5.63 Å². The fourth-order valence-electron chi connectivity index (χ4n) is 2.87. The summed E-state index contributed by atoms with van der Waals surface area (Å²) in [4.78, 5) is 24.1. The van der Waals surface area contributed by atoms with Crippen molar-refractivity contribution in [3.8, 4) is 5.75 Å². The highest BCUT2D eigenvalue weighted by molar-refractivity contribution is 5.81. The number of rotatable bonds is 5. The standard InChI is InChI=1S/C21H19N5O3/c1-12-3-5-14(6-4-12)23-21-25-18(24-20(22)26-21)11-28-15-7-8-16-13(2)9-19(27)29-17(16)10-15/h3-10H,11H2,1-2H3,(H3,22,23,24,25,26). The lowest BCUT2D eigenvalue weighted by Gasteiger charge is -2.09. The number of nitrogens with one attached hydrogen (secondary N) is 1. The minimum atomic E-state index is -0.399. The Morgan fingerprint density at radius 1 is 1.03 bits per heavy atom. The van der Waals surface area contributed by atoms with Crippen molar-refractivity contribution < 1.29 is 9.15 Å². The van der Waals surface area contributed by atoms with Gasteiger partial charge in [0.2, 0.25) is 11.9 Å². The van der Waals surface area contributed by atoms with Crippen molar-refractivity contribution in [1.82, 2.24) is 15.0 Å². The smallest absolute Gasteiger partial charge is 0.336 e. The molecule has 29 heavy (non-hydrogen) atoms. The molecule has 146 valence electrons. The zero-order valence-corrected chi connectivity index (χ0v) is 16.0. The highest BCUT2D eigenvalue weighted by atomic mass is 16.5. The number of fused-ring (bicyclic) bond motifs is 1. The second-order valence-corrected chi connectivity index (χ2v) is 6.62. The van der Waals surface area contributed by atoms with E-state index in [4.69, 9.17) is 14.9 Å². The molecule has 0 fully saturated rings. The molecular weight excluding hydrogens is 370 g/mol. The summed E-state index contributed by atoms with van der Waals surface area (Å²) >= 11 is 0. The molecule has 0 aliphatic carbocycles. The molecule has 2 aromatic carbocycles. The average Bonchev–Trinajstić information content (AvgIpc) is 2.67. The normalized spacial score (nSPS) is 10.8. The van der Waals surface area contributed by atoms with Gasteiger partial charge in [-0.05, 0) is 43.7 Å². The summed E-state index contributed by atoms with van der Waals surface area (Å²) < 4.78 is 11.0. The summed E-state index contributed by atoms with van der Waals surface area (Å²) in [6, 6.07) is 14.6. The first-order chi connectivity index (χ1) is 14.0. The number of aryl methyl sites for hydroxylation is 2. The average molecular weight is 389 g/mol. The van der Waals surface area contributed by atoms with Crippen LogP contribution in [0, 0.1) is 13.8 Å². The van der Waals surface area contributed by atoms with Crippen molar-refractivity contribution in [3.63, 3.8) is 0 Å². The predicted molar refractivity (Wildman–Crippen MR) is 110 cm³/mol. The zero-order chi connectivity index (χ0) is 20.4. The summed E-state index contributed by atoms with van der Waals surface area (Å²) in [6.45, 7) is 3.95. The summed E-state index contributed by atoms with van der Waals surface area (Å²) in [5, 5.41) is 3.95. The fraction of sp³-hybridized carbons (Fsp3) is 0.143. The monoisotopic (exact) mass is 389 g/mol. The number of aromatic nitrogens is 3. The van der Waals surface area contributed by atoms with Crippen LogP contribution in [0.3, 0.4) is 0 Å². The van der Waals surface area contributed by atoms with Crippen molar-refractivity contribution in [2.75, 3.05) is 11.1 Å². The van der Waals surface area contributed by atoms with Crippen LogP contribution in [0.15, 0.2) is 57.7 Å². The van der Waals surface area contributed by atoms with E-state index in [9.17, 15) is 4.79 Å². The van der Waals surface area contributed by atoms with Gasteiger partial charge in [-0.1, -0.05) is 17.7 Å². The van der Waals surface area contributed by atoms with Crippen LogP contribution in [0.25, 0.3) is 11.0 Å². The van der Waals surface area contributed by atoms with Crippen LogP contribution < -0.4 is 21.4 Å². The third-order valence-electron chi connectivity index (χ3n) is 4.30. The summed E-state index contributed by atoms with van der Waals surface area (Å²) in [6.07, 6.45) is 0. The number of hydrogen-bond acceptors (Lipinski definition) is 8. The van der Waals surface area contributed by atoms with E-state index in [2.05, 4.69) is 20.3 Å². The summed E-state index contributed by atoms with van der Waals surface area (Å²) in [5.41, 5.74) is 8.71. The first kappa shape index (κ1) is 18.4. The molecule has 0 spiro atoms. The van der Waals surface area contributed by atoms with E-state index in [1.807, 2.05) is 44.2 Å². The van der Waals surface area contributed by atoms with Gasteiger partial charge in [-0.2, -0.15) is 15.0 Å². The van der Waals surface area contributed by atoms with Crippen LogP contribution >= 0.6 is 0 Å². The van der Waals surface area contributed by atoms with Crippen molar-refractivity contribution >= 4 is 28.6 Å². The Morgan fingerprint density at radius 2 is 1.83 bits per heavy atom. The van der Waals surface area contributed by atoms with Crippen molar-refractivity contribution in [2.24, 2.45) is 0 Å². The molecular formula is C21H19N5O3. The molecule has 8 nitrogen and oxygen atoms in total. The fourth-order valence-corrected chi connectivity index (χ4v) is 2.87. The predicted octanol–water partition coefficient (Wildman–Crippen LogP) is 3.50. The molecule has 0 bridgehead atoms. The van der Waals surface area contributed by atoms with Crippen LogP contribution in [-0.4, -0.2) is 15.0 Å². The van der Waals surface area contributed by atoms with Gasteiger partial charge in [0.15, 0.2) is 5.82 Å². The van der Waals surface area contributed by atoms with Crippen LogP contribution in [-0.2, 0) is 6.61 Å². The van der Waals surface area contributed by atoms with Crippen molar-refractivity contribution in [1.29, 1.82) is 0 Å². The number of anilines is 3. The Bertz CT molecular complexity index is 1240. The van der Waals surface area contributed by atoms with Gasteiger partial charge in [-0.25, -0.2) is 4.79 Å². The van der Waals surface area contributed by atoms with Crippen molar-refractivity contribution in [2.45, 2.75) is 20.5 Å². The maximum atomic E-state index is 11.6. The van der Waals surface area contributed by atoms with E-state index in [1.54, 1.807) is 12.1 Å². The molecule has 2 aromatic heterocycles. The molecule has 0 unspecified atom stereocenters. The first-order valence-electron chi connectivity index (χ1n) is 8.98. The lowest BCUT2D eigenvalue weighted by atomic mass is 10.1. The van der Waals surface area contributed by atoms with Gasteiger partial charge < -0.3 is 20.2 Å². The van der Waals surface area contributed by atoms with E-state index in [1.165, 1.54) is 6.07 Å². The first-order valence-corrected chi connectivity index (χ1v) is 8.98. The zero-order valence-electron chi connectivity index (χ0n) is 16.0. The summed E-state index contributed by atoms with van der Waals surface area (Å²) in [7, 11) is 0. The van der Waals surface area contributed by atoms with Crippen LogP contribution in [0.5, 0.6) is 5.75 Å². The Labute approximate surface area is 166 Å². The van der Waals surface area contributed by atoms with Gasteiger partial charge in [0, 0.05) is 23.2 Å². The van der Waals surface area contributed by atoms with Gasteiger partial charge in [-0.3, -0.25) is 0 Å². The van der Waals surface area contributed by atoms with Crippen LogP contribution in [0.4, 0.5) is 17.6 Å². The summed E-state index contributed by atoms with van der Waals surface area (Å²) in [5.74, 6) is 1.32. The van der Waals surface area contributed by atoms with E-state index >= 15 is 0 Å². The molecule has 4 aromatic rings. The molecule has 0 aliphatic heterocycles. The molecule has 0 atom stereocenters. The molecule has 0 amide bonds. The van der Waals surface area contributed by atoms with E-state index < -0.39 is 5.63 Å².